The zero-order valence-corrected chi connectivity index (χ0v) is 7.61. The van der Waals surface area contributed by atoms with Crippen LogP contribution in [0, 0.1) is 0 Å². The van der Waals surface area contributed by atoms with Gasteiger partial charge in [-0.2, -0.15) is 0 Å². The van der Waals surface area contributed by atoms with Gasteiger partial charge in [-0.3, -0.25) is 4.98 Å². The van der Waals surface area contributed by atoms with E-state index in [1.807, 2.05) is 18.3 Å². The van der Waals surface area contributed by atoms with Crippen molar-refractivity contribution >= 4 is 5.69 Å². The predicted octanol–water partition coefficient (Wildman–Crippen LogP) is 1.37. The molecular formula is C10H15N3. The van der Waals surface area contributed by atoms with Gasteiger partial charge in [-0.05, 0) is 31.4 Å². The normalized spacial score (nSPS) is 27.5. The average Bonchev–Trinajstić information content (AvgIpc) is 2.54. The van der Waals surface area contributed by atoms with E-state index in [-0.39, 0.29) is 0 Å². The summed E-state index contributed by atoms with van der Waals surface area (Å²) in [6, 6.07) is 4.70. The molecule has 3 N–H and O–H groups in total. The van der Waals surface area contributed by atoms with Crippen molar-refractivity contribution in [1.29, 1.82) is 0 Å². The maximum absolute atomic E-state index is 5.94. The highest BCUT2D eigenvalue weighted by atomic mass is 15.0. The Morgan fingerprint density at radius 2 is 2.38 bits per heavy atom. The van der Waals surface area contributed by atoms with Crippen LogP contribution in [0.4, 0.5) is 5.69 Å². The van der Waals surface area contributed by atoms with Gasteiger partial charge < -0.3 is 11.1 Å². The van der Waals surface area contributed by atoms with Crippen molar-refractivity contribution in [2.45, 2.75) is 31.3 Å². The van der Waals surface area contributed by atoms with Gasteiger partial charge in [0.2, 0.25) is 0 Å². The predicted molar refractivity (Wildman–Crippen MR) is 53.5 cm³/mol. The molecule has 1 saturated carbocycles. The van der Waals surface area contributed by atoms with Gasteiger partial charge in [0, 0.05) is 24.5 Å². The zero-order valence-electron chi connectivity index (χ0n) is 7.61. The van der Waals surface area contributed by atoms with Crippen molar-refractivity contribution in [3.8, 4) is 0 Å². The summed E-state index contributed by atoms with van der Waals surface area (Å²) in [7, 11) is 0. The number of anilines is 1. The topological polar surface area (TPSA) is 50.9 Å². The molecule has 0 saturated heterocycles. The van der Waals surface area contributed by atoms with Gasteiger partial charge in [0.05, 0.1) is 5.69 Å². The second kappa shape index (κ2) is 3.75. The summed E-state index contributed by atoms with van der Waals surface area (Å²) in [6.07, 6.45) is 7.16. The smallest absolute Gasteiger partial charge is 0.0529 e. The van der Waals surface area contributed by atoms with Gasteiger partial charge in [-0.1, -0.05) is 0 Å². The molecule has 1 aromatic rings. The summed E-state index contributed by atoms with van der Waals surface area (Å²) >= 11 is 0. The molecule has 2 unspecified atom stereocenters. The lowest BCUT2D eigenvalue weighted by molar-refractivity contribution is 0.637. The molecule has 1 aromatic heterocycles. The summed E-state index contributed by atoms with van der Waals surface area (Å²) in [4.78, 5) is 4.05. The number of nitrogens with one attached hydrogen (secondary N) is 1. The van der Waals surface area contributed by atoms with E-state index in [0.717, 1.165) is 12.1 Å². The van der Waals surface area contributed by atoms with Crippen molar-refractivity contribution in [3.05, 3.63) is 24.5 Å². The molecule has 3 nitrogen and oxygen atoms in total. The molecule has 0 bridgehead atoms. The van der Waals surface area contributed by atoms with E-state index in [1.54, 1.807) is 6.20 Å². The van der Waals surface area contributed by atoms with Gasteiger partial charge in [-0.15, -0.1) is 0 Å². The first-order chi connectivity index (χ1) is 6.36. The van der Waals surface area contributed by atoms with Crippen molar-refractivity contribution in [3.63, 3.8) is 0 Å². The Hall–Kier alpha value is -1.09. The number of aromatic nitrogens is 1. The van der Waals surface area contributed by atoms with Crippen LogP contribution in [0.15, 0.2) is 24.5 Å². The third-order valence-electron chi connectivity index (χ3n) is 2.58. The van der Waals surface area contributed by atoms with E-state index in [1.165, 1.54) is 12.8 Å². The molecule has 2 atom stereocenters. The molecule has 70 valence electrons. The lowest BCUT2D eigenvalue weighted by Gasteiger charge is -2.17. The number of rotatable bonds is 2. The largest absolute Gasteiger partial charge is 0.380 e. The van der Waals surface area contributed by atoms with Crippen molar-refractivity contribution < 1.29 is 0 Å². The molecule has 1 heterocycles. The van der Waals surface area contributed by atoms with E-state index < -0.39 is 0 Å². The second-order valence-corrected chi connectivity index (χ2v) is 3.59. The Morgan fingerprint density at radius 1 is 1.46 bits per heavy atom. The Kier molecular flexibility index (Phi) is 2.45. The first-order valence-electron chi connectivity index (χ1n) is 4.78. The van der Waals surface area contributed by atoms with Crippen LogP contribution in [0.25, 0.3) is 0 Å². The first-order valence-corrected chi connectivity index (χ1v) is 4.78. The Balaban J connectivity index is 1.98. The summed E-state index contributed by atoms with van der Waals surface area (Å²) < 4.78 is 0. The average molecular weight is 177 g/mol. The molecule has 0 aromatic carbocycles. The standard InChI is InChI=1S/C10H15N3/c11-9-4-1-5-10(9)13-8-3-2-6-12-7-8/h2-3,6-7,9-10,13H,1,4-5,11H2. The maximum Gasteiger partial charge on any atom is 0.0529 e. The minimum atomic E-state index is 0.306. The van der Waals surface area contributed by atoms with E-state index in [4.69, 9.17) is 5.73 Å². The minimum Gasteiger partial charge on any atom is -0.380 e. The summed E-state index contributed by atoms with van der Waals surface area (Å²) in [5.74, 6) is 0. The van der Waals surface area contributed by atoms with Crippen LogP contribution in [0.5, 0.6) is 0 Å². The van der Waals surface area contributed by atoms with Crippen molar-refractivity contribution in [2.75, 3.05) is 5.32 Å². The SMILES string of the molecule is NC1CCCC1Nc1cccnc1. The van der Waals surface area contributed by atoms with E-state index in [0.29, 0.717) is 12.1 Å². The van der Waals surface area contributed by atoms with Gasteiger partial charge >= 0.3 is 0 Å². The van der Waals surface area contributed by atoms with Crippen LogP contribution in [-0.2, 0) is 0 Å². The summed E-state index contributed by atoms with van der Waals surface area (Å²) in [5.41, 5.74) is 7.02. The van der Waals surface area contributed by atoms with Crippen LogP contribution >= 0.6 is 0 Å². The molecule has 1 aliphatic carbocycles. The third kappa shape index (κ3) is 1.98. The second-order valence-electron chi connectivity index (χ2n) is 3.59. The summed E-state index contributed by atoms with van der Waals surface area (Å²) in [5, 5.41) is 3.40. The van der Waals surface area contributed by atoms with Gasteiger partial charge in [0.15, 0.2) is 0 Å². The van der Waals surface area contributed by atoms with Gasteiger partial charge in [-0.25, -0.2) is 0 Å². The third-order valence-corrected chi connectivity index (χ3v) is 2.58. The number of nitrogens with two attached hydrogens (primary N) is 1. The number of hydrogen-bond donors (Lipinski definition) is 2. The van der Waals surface area contributed by atoms with Crippen LogP contribution in [0.1, 0.15) is 19.3 Å². The first kappa shape index (κ1) is 8.51. The van der Waals surface area contributed by atoms with Gasteiger partial charge in [0.25, 0.3) is 0 Å². The van der Waals surface area contributed by atoms with Crippen LogP contribution in [0.3, 0.4) is 0 Å². The molecule has 0 radical (unpaired) electrons. The number of hydrogen-bond acceptors (Lipinski definition) is 3. The lowest BCUT2D eigenvalue weighted by atomic mass is 10.2. The van der Waals surface area contributed by atoms with Crippen LogP contribution in [0.2, 0.25) is 0 Å². The molecule has 1 aliphatic rings. The minimum absolute atomic E-state index is 0.306. The molecule has 2 rings (SSSR count). The fraction of sp³-hybridized carbons (Fsp3) is 0.500. The Labute approximate surface area is 78.4 Å². The van der Waals surface area contributed by atoms with Gasteiger partial charge in [0.1, 0.15) is 0 Å². The monoisotopic (exact) mass is 177 g/mol. The molecule has 0 amide bonds. The lowest BCUT2D eigenvalue weighted by Crippen LogP contribution is -2.35. The number of pyridine rings is 1. The maximum atomic E-state index is 5.94. The van der Waals surface area contributed by atoms with Crippen molar-refractivity contribution in [2.24, 2.45) is 5.73 Å². The fourth-order valence-electron chi connectivity index (χ4n) is 1.83. The van der Waals surface area contributed by atoms with Crippen LogP contribution in [-0.4, -0.2) is 17.1 Å². The van der Waals surface area contributed by atoms with E-state index >= 15 is 0 Å². The molecule has 13 heavy (non-hydrogen) atoms. The highest BCUT2D eigenvalue weighted by Crippen LogP contribution is 2.20. The highest BCUT2D eigenvalue weighted by molar-refractivity contribution is 5.41. The molecular weight excluding hydrogens is 162 g/mol. The highest BCUT2D eigenvalue weighted by Gasteiger charge is 2.23. The van der Waals surface area contributed by atoms with Crippen LogP contribution < -0.4 is 11.1 Å². The van der Waals surface area contributed by atoms with E-state index in [9.17, 15) is 0 Å². The Bertz CT molecular complexity index is 260. The number of nitrogens with zero attached hydrogens (tertiary/aromatic N) is 1. The molecule has 0 spiro atoms. The summed E-state index contributed by atoms with van der Waals surface area (Å²) in [6.45, 7) is 0. The molecule has 0 aliphatic heterocycles. The van der Waals surface area contributed by atoms with E-state index in [2.05, 4.69) is 10.3 Å². The van der Waals surface area contributed by atoms with Crippen molar-refractivity contribution in [1.82, 2.24) is 4.98 Å². The molecule has 1 fully saturated rings. The zero-order chi connectivity index (χ0) is 9.10. The quantitative estimate of drug-likeness (QED) is 0.717. The molecule has 3 heteroatoms. The Morgan fingerprint density at radius 3 is 3.00 bits per heavy atom. The fourth-order valence-corrected chi connectivity index (χ4v) is 1.83.